The predicted octanol–water partition coefficient (Wildman–Crippen LogP) is 3.51. The number of methoxy groups -OCH3 is 1. The van der Waals surface area contributed by atoms with Gasteiger partial charge in [0.2, 0.25) is 5.91 Å². The smallest absolute Gasteiger partial charge is 0.247 e. The van der Waals surface area contributed by atoms with E-state index in [2.05, 4.69) is 52.8 Å². The first kappa shape index (κ1) is 20.1. The van der Waals surface area contributed by atoms with E-state index in [4.69, 9.17) is 4.74 Å². The quantitative estimate of drug-likeness (QED) is 0.712. The lowest BCUT2D eigenvalue weighted by Crippen LogP contribution is -2.54. The van der Waals surface area contributed by atoms with Crippen molar-refractivity contribution in [2.24, 2.45) is 15.6 Å². The molecule has 0 radical (unpaired) electrons. The Morgan fingerprint density at radius 2 is 2.07 bits per heavy atom. The van der Waals surface area contributed by atoms with E-state index in [1.165, 1.54) is 35.9 Å². The van der Waals surface area contributed by atoms with Crippen molar-refractivity contribution < 1.29 is 9.53 Å². The Labute approximate surface area is 172 Å². The van der Waals surface area contributed by atoms with Gasteiger partial charge in [0.15, 0.2) is 6.04 Å². The molecule has 1 amide bonds. The van der Waals surface area contributed by atoms with Crippen molar-refractivity contribution in [3.63, 3.8) is 0 Å². The Balaban J connectivity index is 1.42. The predicted molar refractivity (Wildman–Crippen MR) is 112 cm³/mol. The number of ether oxygens (including phenoxy) is 1. The maximum atomic E-state index is 12.4. The van der Waals surface area contributed by atoms with E-state index in [0.717, 1.165) is 12.8 Å². The molecular weight excluding hydrogens is 372 g/mol. The molecule has 4 aliphatic rings. The summed E-state index contributed by atoms with van der Waals surface area (Å²) in [4.78, 5) is 15.1. The molecule has 0 aromatic heterocycles. The average molecular weight is 405 g/mol. The molecule has 2 saturated heterocycles. The first-order valence-corrected chi connectivity index (χ1v) is 11.5. The lowest BCUT2D eigenvalue weighted by Gasteiger charge is -2.44. The van der Waals surface area contributed by atoms with E-state index in [1.54, 1.807) is 7.11 Å². The number of amides is 1. The molecule has 7 heteroatoms. The van der Waals surface area contributed by atoms with Crippen molar-refractivity contribution >= 4 is 17.9 Å². The van der Waals surface area contributed by atoms with Crippen molar-refractivity contribution in [3.8, 4) is 0 Å². The molecule has 1 N–H and O–H groups in total. The van der Waals surface area contributed by atoms with Gasteiger partial charge >= 0.3 is 0 Å². The number of piperidine rings is 1. The third-order valence-electron chi connectivity index (χ3n) is 7.18. The van der Waals surface area contributed by atoms with Crippen LogP contribution in [0.4, 0.5) is 0 Å². The maximum Gasteiger partial charge on any atom is 0.247 e. The van der Waals surface area contributed by atoms with Gasteiger partial charge in [-0.3, -0.25) is 9.69 Å². The molecule has 2 bridgehead atoms. The Kier molecular flexibility index (Phi) is 5.95. The molecule has 3 aliphatic heterocycles. The molecule has 0 aromatic carbocycles. The van der Waals surface area contributed by atoms with Gasteiger partial charge in [-0.15, -0.1) is 4.52 Å². The molecule has 4 rings (SSSR count). The fourth-order valence-electron chi connectivity index (χ4n) is 5.53. The topological polar surface area (TPSA) is 66.3 Å². The van der Waals surface area contributed by atoms with Gasteiger partial charge in [0, 0.05) is 49.1 Å². The van der Waals surface area contributed by atoms with Crippen molar-refractivity contribution in [1.29, 1.82) is 0 Å². The van der Waals surface area contributed by atoms with Gasteiger partial charge < -0.3 is 10.1 Å². The number of carbonyl (C=O) groups is 1. The number of carbonyl (C=O) groups excluding carboxylic acids is 1. The molecule has 3 heterocycles. The third-order valence-corrected chi connectivity index (χ3v) is 7.86. The van der Waals surface area contributed by atoms with Crippen LogP contribution < -0.4 is 5.32 Å². The minimum absolute atomic E-state index is 0.0489. The Bertz CT molecular complexity index is 693. The van der Waals surface area contributed by atoms with Gasteiger partial charge in [-0.1, -0.05) is 24.6 Å². The minimum atomic E-state index is -0.296. The summed E-state index contributed by atoms with van der Waals surface area (Å²) >= 11 is 1.38. The van der Waals surface area contributed by atoms with E-state index in [9.17, 15) is 4.79 Å². The van der Waals surface area contributed by atoms with Crippen LogP contribution in [-0.2, 0) is 9.53 Å². The molecule has 28 heavy (non-hydrogen) atoms. The second-order valence-corrected chi connectivity index (χ2v) is 9.44. The number of nitrogens with one attached hydrogen (secondary N) is 1. The van der Waals surface area contributed by atoms with Crippen molar-refractivity contribution in [2.75, 3.05) is 12.9 Å². The molecule has 2 fully saturated rings. The van der Waals surface area contributed by atoms with Gasteiger partial charge in [-0.05, 0) is 45.1 Å². The van der Waals surface area contributed by atoms with Crippen molar-refractivity contribution in [2.45, 2.75) is 82.8 Å². The summed E-state index contributed by atoms with van der Waals surface area (Å²) in [5.41, 5.74) is 2.89. The first-order chi connectivity index (χ1) is 13.5. The zero-order valence-corrected chi connectivity index (χ0v) is 18.1. The number of nitrogens with zero attached hydrogens (tertiary/aromatic N) is 3. The van der Waals surface area contributed by atoms with Crippen LogP contribution in [0.15, 0.2) is 32.9 Å². The lowest BCUT2D eigenvalue weighted by molar-refractivity contribution is -0.123. The summed E-state index contributed by atoms with van der Waals surface area (Å²) in [6, 6.07) is 1.47. The van der Waals surface area contributed by atoms with Gasteiger partial charge in [-0.25, -0.2) is 0 Å². The summed E-state index contributed by atoms with van der Waals surface area (Å²) in [7, 11) is 1.79. The first-order valence-electron chi connectivity index (χ1n) is 10.5. The monoisotopic (exact) mass is 404 g/mol. The highest BCUT2D eigenvalue weighted by Crippen LogP contribution is 2.41. The standard InChI is InChI=1S/C21H32N4O2S/c1-12-13(2)20(27-4)8-7-18(12)14(3)25-16-5-6-17(25)10-15(9-16)22-21(26)19-11-28-24-23-19/h7-8,13-17,19-20H,5-6,9-11H2,1-4H3,(H,22,26). The number of hydrogen-bond acceptors (Lipinski definition) is 6. The van der Waals surface area contributed by atoms with E-state index in [1.807, 2.05) is 0 Å². The fraction of sp³-hybridized carbons (Fsp3) is 0.762. The third kappa shape index (κ3) is 3.68. The van der Waals surface area contributed by atoms with Crippen LogP contribution in [0.2, 0.25) is 0 Å². The Morgan fingerprint density at radius 3 is 2.68 bits per heavy atom. The largest absolute Gasteiger partial charge is 0.377 e. The van der Waals surface area contributed by atoms with Crippen molar-refractivity contribution in [3.05, 3.63) is 23.3 Å². The number of hydrogen-bond donors (Lipinski definition) is 1. The summed E-state index contributed by atoms with van der Waals surface area (Å²) in [6.07, 6.45) is 9.21. The summed E-state index contributed by atoms with van der Waals surface area (Å²) in [5.74, 6) is 1.14. The van der Waals surface area contributed by atoms with Gasteiger partial charge in [0.05, 0.1) is 11.9 Å². The van der Waals surface area contributed by atoms with Crippen LogP contribution in [-0.4, -0.2) is 60.0 Å². The molecule has 6 unspecified atom stereocenters. The van der Waals surface area contributed by atoms with Crippen molar-refractivity contribution in [1.82, 2.24) is 10.2 Å². The Morgan fingerprint density at radius 1 is 1.36 bits per heavy atom. The second-order valence-electron chi connectivity index (χ2n) is 8.68. The van der Waals surface area contributed by atoms with E-state index in [-0.39, 0.29) is 24.1 Å². The van der Waals surface area contributed by atoms with Crippen LogP contribution in [0.3, 0.4) is 0 Å². The normalized spacial score (nSPS) is 38.9. The molecule has 1 aliphatic carbocycles. The summed E-state index contributed by atoms with van der Waals surface area (Å²) < 4.78 is 9.49. The highest BCUT2D eigenvalue weighted by molar-refractivity contribution is 7.98. The SMILES string of the molecule is COC1C=CC(C(C)N2C3CCC2CC(NC(=O)C2CSN=N2)C3)=C(C)C1C. The number of rotatable bonds is 5. The lowest BCUT2D eigenvalue weighted by atomic mass is 9.83. The van der Waals surface area contributed by atoms with Gasteiger partial charge in [0.1, 0.15) is 0 Å². The molecule has 0 saturated carbocycles. The molecule has 0 spiro atoms. The zero-order valence-electron chi connectivity index (χ0n) is 17.3. The molecule has 6 nitrogen and oxygen atoms in total. The molecule has 0 aromatic rings. The molecule has 154 valence electrons. The highest BCUT2D eigenvalue weighted by Gasteiger charge is 2.44. The van der Waals surface area contributed by atoms with Gasteiger partial charge in [0.25, 0.3) is 0 Å². The van der Waals surface area contributed by atoms with Crippen LogP contribution in [0, 0.1) is 5.92 Å². The zero-order chi connectivity index (χ0) is 19.8. The van der Waals surface area contributed by atoms with Crippen LogP contribution >= 0.6 is 11.9 Å². The van der Waals surface area contributed by atoms with Gasteiger partial charge in [-0.2, -0.15) is 5.11 Å². The highest BCUT2D eigenvalue weighted by atomic mass is 32.2. The van der Waals surface area contributed by atoms with Crippen LogP contribution in [0.5, 0.6) is 0 Å². The average Bonchev–Trinajstić information content (AvgIpc) is 3.30. The maximum absolute atomic E-state index is 12.4. The summed E-state index contributed by atoms with van der Waals surface area (Å²) in [6.45, 7) is 6.87. The van der Waals surface area contributed by atoms with Crippen LogP contribution in [0.25, 0.3) is 0 Å². The van der Waals surface area contributed by atoms with Crippen LogP contribution in [0.1, 0.15) is 46.5 Å². The fourth-order valence-corrected chi connectivity index (χ4v) is 6.14. The van der Waals surface area contributed by atoms with E-state index >= 15 is 0 Å². The Hall–Kier alpha value is -1.18. The second kappa shape index (κ2) is 8.28. The summed E-state index contributed by atoms with van der Waals surface area (Å²) in [5, 5.41) is 7.28. The molecular formula is C21H32N4O2S. The molecule has 6 atom stereocenters. The van der Waals surface area contributed by atoms with E-state index < -0.39 is 0 Å². The minimum Gasteiger partial charge on any atom is -0.377 e. The number of fused-ring (bicyclic) bond motifs is 2. The van der Waals surface area contributed by atoms with E-state index in [0.29, 0.717) is 29.8 Å².